The fourth-order valence-corrected chi connectivity index (χ4v) is 5.34. The van der Waals surface area contributed by atoms with Crippen molar-refractivity contribution in [3.8, 4) is 22.8 Å². The van der Waals surface area contributed by atoms with Gasteiger partial charge in [-0.1, -0.05) is 85.0 Å². The van der Waals surface area contributed by atoms with E-state index in [2.05, 4.69) is 64.1 Å². The van der Waals surface area contributed by atoms with Gasteiger partial charge >= 0.3 is 7.12 Å². The topological polar surface area (TPSA) is 70.3 Å². The summed E-state index contributed by atoms with van der Waals surface area (Å²) in [6.07, 6.45) is 9.25. The van der Waals surface area contributed by atoms with Crippen LogP contribution in [-0.4, -0.2) is 33.3 Å². The third-order valence-electron chi connectivity index (χ3n) is 8.30. The fraction of sp³-hybridized carbons (Fsp3) is 0.242. The molecule has 0 amide bonds. The van der Waals surface area contributed by atoms with Crippen LogP contribution in [0.15, 0.2) is 95.5 Å². The molecule has 1 aliphatic carbocycles. The summed E-state index contributed by atoms with van der Waals surface area (Å²) in [7, 11) is -0.530. The van der Waals surface area contributed by atoms with Crippen LogP contribution in [-0.2, 0) is 9.31 Å². The Morgan fingerprint density at radius 1 is 0.725 bits per heavy atom. The summed E-state index contributed by atoms with van der Waals surface area (Å²) in [6, 6.07) is 22.3. The number of hydrogen-bond donors (Lipinski definition) is 0. The fourth-order valence-electron chi connectivity index (χ4n) is 5.34. The minimum absolute atomic E-state index is 0.0825. The molecule has 6 nitrogen and oxygen atoms in total. The molecule has 0 bridgehead atoms. The molecule has 1 fully saturated rings. The highest BCUT2D eigenvalue weighted by Gasteiger charge is 2.52. The van der Waals surface area contributed by atoms with Gasteiger partial charge in [0.2, 0.25) is 0 Å². The van der Waals surface area contributed by atoms with E-state index in [0.717, 1.165) is 50.8 Å². The van der Waals surface area contributed by atoms with Gasteiger partial charge in [-0.05, 0) is 40.2 Å². The number of allylic oxidation sites excluding steroid dienone is 4. The maximum Gasteiger partial charge on any atom is 0.498 e. The van der Waals surface area contributed by atoms with Gasteiger partial charge in [-0.15, -0.1) is 0 Å². The first-order valence-electron chi connectivity index (χ1n) is 13.8. The summed E-state index contributed by atoms with van der Waals surface area (Å²) in [4.78, 5) is 14.8. The van der Waals surface area contributed by atoms with E-state index in [9.17, 15) is 0 Å². The zero-order valence-electron chi connectivity index (χ0n) is 23.1. The third-order valence-corrected chi connectivity index (χ3v) is 8.30. The average Bonchev–Trinajstić information content (AvgIpc) is 3.46. The van der Waals surface area contributed by atoms with Crippen molar-refractivity contribution in [3.05, 3.63) is 96.9 Å². The molecular weight excluding hydrogens is 497 g/mol. The molecule has 1 unspecified atom stereocenters. The smallest absolute Gasteiger partial charge is 0.456 e. The van der Waals surface area contributed by atoms with Crippen molar-refractivity contribution in [1.82, 2.24) is 15.0 Å². The van der Waals surface area contributed by atoms with Gasteiger partial charge in [0.1, 0.15) is 17.0 Å². The average molecular weight is 527 g/mol. The lowest BCUT2D eigenvalue weighted by Crippen LogP contribution is -2.41. The molecule has 0 saturated carbocycles. The molecule has 0 radical (unpaired) electrons. The Hall–Kier alpha value is -4.07. The van der Waals surface area contributed by atoms with E-state index in [1.165, 1.54) is 0 Å². The number of para-hydroxylation sites is 2. The number of fused-ring (bicyclic) bond motifs is 3. The zero-order chi connectivity index (χ0) is 27.5. The molecule has 40 heavy (non-hydrogen) atoms. The van der Waals surface area contributed by atoms with Crippen LogP contribution in [0.3, 0.4) is 0 Å². The second-order valence-corrected chi connectivity index (χ2v) is 11.5. The van der Waals surface area contributed by atoms with Crippen LogP contribution in [0.1, 0.15) is 45.9 Å². The predicted octanol–water partition coefficient (Wildman–Crippen LogP) is 7.00. The lowest BCUT2D eigenvalue weighted by molar-refractivity contribution is 0.00578. The number of benzene rings is 3. The maximum atomic E-state index is 6.66. The molecule has 5 aromatic rings. The van der Waals surface area contributed by atoms with Crippen molar-refractivity contribution in [2.24, 2.45) is 0 Å². The van der Waals surface area contributed by atoms with E-state index < -0.39 is 18.3 Å². The molecule has 7 rings (SSSR count). The Morgan fingerprint density at radius 3 is 2.15 bits per heavy atom. The Bertz CT molecular complexity index is 1790. The molecule has 2 aromatic heterocycles. The van der Waals surface area contributed by atoms with Gasteiger partial charge in [0, 0.05) is 27.7 Å². The summed E-state index contributed by atoms with van der Waals surface area (Å²) in [6.45, 7) is 8.24. The van der Waals surface area contributed by atoms with Gasteiger partial charge in [0.15, 0.2) is 11.6 Å². The van der Waals surface area contributed by atoms with Crippen molar-refractivity contribution < 1.29 is 13.7 Å². The van der Waals surface area contributed by atoms with Crippen LogP contribution in [0.25, 0.3) is 44.7 Å². The van der Waals surface area contributed by atoms with Crippen LogP contribution in [0, 0.1) is 0 Å². The highest BCUT2D eigenvalue weighted by atomic mass is 16.7. The van der Waals surface area contributed by atoms with Gasteiger partial charge in [-0.25, -0.2) is 15.0 Å². The summed E-state index contributed by atoms with van der Waals surface area (Å²) in [5.74, 6) is 2.07. The van der Waals surface area contributed by atoms with Gasteiger partial charge in [0.05, 0.1) is 16.8 Å². The Balaban J connectivity index is 1.41. The number of hydrogen-bond acceptors (Lipinski definition) is 6. The normalized spacial score (nSPS) is 19.6. The molecule has 1 atom stereocenters. The molecule has 2 aliphatic rings. The van der Waals surface area contributed by atoms with Gasteiger partial charge in [-0.2, -0.15) is 0 Å². The monoisotopic (exact) mass is 527 g/mol. The molecule has 3 heterocycles. The molecular formula is C33H30BN3O3. The molecule has 7 heteroatoms. The van der Waals surface area contributed by atoms with Gasteiger partial charge in [0.25, 0.3) is 0 Å². The van der Waals surface area contributed by atoms with Crippen molar-refractivity contribution >= 4 is 34.5 Å². The van der Waals surface area contributed by atoms with E-state index in [1.807, 2.05) is 54.6 Å². The molecule has 0 N–H and O–H groups in total. The van der Waals surface area contributed by atoms with E-state index >= 15 is 0 Å². The highest BCUT2D eigenvalue weighted by molar-refractivity contribution is 6.65. The van der Waals surface area contributed by atoms with Crippen LogP contribution < -0.4 is 5.46 Å². The molecule has 0 spiro atoms. The van der Waals surface area contributed by atoms with Crippen LogP contribution >= 0.6 is 0 Å². The Labute approximate surface area is 233 Å². The summed E-state index contributed by atoms with van der Waals surface area (Å²) in [5, 5.41) is 2.00. The summed E-state index contributed by atoms with van der Waals surface area (Å²) >= 11 is 0. The van der Waals surface area contributed by atoms with Crippen LogP contribution in [0.2, 0.25) is 0 Å². The zero-order valence-corrected chi connectivity index (χ0v) is 23.1. The second kappa shape index (κ2) is 9.25. The van der Waals surface area contributed by atoms with Gasteiger partial charge < -0.3 is 13.7 Å². The van der Waals surface area contributed by atoms with Crippen molar-refractivity contribution in [2.45, 2.75) is 51.2 Å². The summed E-state index contributed by atoms with van der Waals surface area (Å²) < 4.78 is 19.4. The lowest BCUT2D eigenvalue weighted by atomic mass is 9.78. The van der Waals surface area contributed by atoms with Crippen LogP contribution in [0.5, 0.6) is 0 Å². The first-order valence-corrected chi connectivity index (χ1v) is 13.8. The SMILES string of the molecule is CC1(C)OB(c2cccc3c2oc2c(-c4nc(-c5ccccc5)nc(C5C=CC=CC5)n4)cccc23)OC1(C)C. The van der Waals surface area contributed by atoms with Crippen molar-refractivity contribution in [3.63, 3.8) is 0 Å². The molecule has 1 saturated heterocycles. The number of furan rings is 1. The summed E-state index contributed by atoms with van der Waals surface area (Å²) in [5.41, 5.74) is 3.23. The van der Waals surface area contributed by atoms with E-state index in [0.29, 0.717) is 11.6 Å². The maximum absolute atomic E-state index is 6.66. The van der Waals surface area contributed by atoms with Crippen LogP contribution in [0.4, 0.5) is 0 Å². The minimum Gasteiger partial charge on any atom is -0.456 e. The second-order valence-electron chi connectivity index (χ2n) is 11.5. The first-order chi connectivity index (χ1) is 19.3. The van der Waals surface area contributed by atoms with Gasteiger partial charge in [-0.3, -0.25) is 0 Å². The quantitative estimate of drug-likeness (QED) is 0.234. The Morgan fingerprint density at radius 2 is 1.43 bits per heavy atom. The van der Waals surface area contributed by atoms with E-state index in [1.54, 1.807) is 0 Å². The molecule has 3 aromatic carbocycles. The molecule has 1 aliphatic heterocycles. The van der Waals surface area contributed by atoms with Crippen molar-refractivity contribution in [2.75, 3.05) is 0 Å². The number of rotatable bonds is 4. The third kappa shape index (κ3) is 4.08. The predicted molar refractivity (Wildman–Crippen MR) is 159 cm³/mol. The standard InChI is InChI=1S/C33H30BN3O3/c1-32(2)33(3,4)40-34(39-32)26-20-12-18-24-23-17-11-19-25(27(23)38-28(24)26)31-36-29(21-13-7-5-8-14-21)35-30(37-31)22-15-9-6-10-16-22/h5-15,17-20,22H,16H2,1-4H3. The minimum atomic E-state index is -0.530. The van der Waals surface area contributed by atoms with E-state index in [4.69, 9.17) is 28.7 Å². The first kappa shape index (κ1) is 24.9. The number of aromatic nitrogens is 3. The van der Waals surface area contributed by atoms with E-state index in [-0.39, 0.29) is 5.92 Å². The van der Waals surface area contributed by atoms with Crippen molar-refractivity contribution in [1.29, 1.82) is 0 Å². The lowest BCUT2D eigenvalue weighted by Gasteiger charge is -2.32. The largest absolute Gasteiger partial charge is 0.498 e. The highest BCUT2D eigenvalue weighted by Crippen LogP contribution is 2.39. The number of nitrogens with zero attached hydrogens (tertiary/aromatic N) is 3. The molecule has 198 valence electrons. The Kier molecular flexibility index (Phi) is 5.77.